The van der Waals surface area contributed by atoms with E-state index in [4.69, 9.17) is 4.98 Å². The Morgan fingerprint density at radius 1 is 1.10 bits per heavy atom. The molecule has 108 valence electrons. The Kier molecular flexibility index (Phi) is 3.97. The fourth-order valence-electron chi connectivity index (χ4n) is 2.65. The van der Waals surface area contributed by atoms with Crippen molar-refractivity contribution >= 4 is 11.0 Å². The number of aryl methyl sites for hydroxylation is 1. The summed E-state index contributed by atoms with van der Waals surface area (Å²) in [6, 6.07) is 14.6. The van der Waals surface area contributed by atoms with Crippen molar-refractivity contribution in [3.8, 4) is 0 Å². The van der Waals surface area contributed by atoms with Gasteiger partial charge in [-0.25, -0.2) is 4.98 Å². The lowest BCUT2D eigenvalue weighted by Gasteiger charge is -2.15. The van der Waals surface area contributed by atoms with Crippen LogP contribution in [0.25, 0.3) is 11.0 Å². The second-order valence-electron chi connectivity index (χ2n) is 5.29. The molecule has 0 saturated heterocycles. The molecule has 0 aliphatic rings. The Morgan fingerprint density at radius 2 is 1.90 bits per heavy atom. The number of hydrogen-bond donors (Lipinski definition) is 1. The third-order valence-corrected chi connectivity index (χ3v) is 3.90. The maximum atomic E-state index is 4.74. The number of para-hydroxylation sites is 2. The number of aromatic nitrogens is 3. The summed E-state index contributed by atoms with van der Waals surface area (Å²) in [7, 11) is 4.08. The van der Waals surface area contributed by atoms with E-state index in [1.807, 2.05) is 31.4 Å². The summed E-state index contributed by atoms with van der Waals surface area (Å²) >= 11 is 0. The lowest BCUT2D eigenvalue weighted by Crippen LogP contribution is -2.31. The van der Waals surface area contributed by atoms with E-state index in [0.717, 1.165) is 29.9 Å². The number of fused-ring (bicyclic) bond motifs is 1. The molecule has 1 N–H and O–H groups in total. The summed E-state index contributed by atoms with van der Waals surface area (Å²) in [6.07, 6.45) is 3.63. The van der Waals surface area contributed by atoms with Gasteiger partial charge in [0.05, 0.1) is 11.0 Å². The Bertz CT molecular complexity index is 718. The fourth-order valence-corrected chi connectivity index (χ4v) is 2.65. The SMILES string of the molecule is CNC(Cc1ccccn1)Cc1nc2ccccc2n1C. The van der Waals surface area contributed by atoms with Crippen molar-refractivity contribution in [2.75, 3.05) is 7.05 Å². The van der Waals surface area contributed by atoms with Gasteiger partial charge in [-0.05, 0) is 31.3 Å². The number of likely N-dealkylation sites (N-methyl/N-ethyl adjacent to an activating group) is 1. The van der Waals surface area contributed by atoms with Gasteiger partial charge < -0.3 is 9.88 Å². The second kappa shape index (κ2) is 6.06. The van der Waals surface area contributed by atoms with Crippen LogP contribution in [-0.4, -0.2) is 27.6 Å². The minimum atomic E-state index is 0.329. The predicted molar refractivity (Wildman–Crippen MR) is 85.2 cm³/mol. The molecule has 0 saturated carbocycles. The number of nitrogens with zero attached hydrogens (tertiary/aromatic N) is 3. The lowest BCUT2D eigenvalue weighted by molar-refractivity contribution is 0.530. The van der Waals surface area contributed by atoms with Crippen LogP contribution in [0.1, 0.15) is 11.5 Å². The summed E-state index contributed by atoms with van der Waals surface area (Å²) in [4.78, 5) is 9.15. The van der Waals surface area contributed by atoms with Crippen LogP contribution in [-0.2, 0) is 19.9 Å². The first-order valence-electron chi connectivity index (χ1n) is 7.25. The van der Waals surface area contributed by atoms with Gasteiger partial charge in [-0.3, -0.25) is 4.98 Å². The molecular weight excluding hydrogens is 260 g/mol. The molecule has 0 radical (unpaired) electrons. The first-order chi connectivity index (χ1) is 10.3. The van der Waals surface area contributed by atoms with E-state index in [-0.39, 0.29) is 0 Å². The topological polar surface area (TPSA) is 42.7 Å². The molecule has 0 aliphatic heterocycles. The Hall–Kier alpha value is -2.20. The Morgan fingerprint density at radius 3 is 2.62 bits per heavy atom. The first kappa shape index (κ1) is 13.8. The zero-order chi connectivity index (χ0) is 14.7. The molecule has 4 heteroatoms. The first-order valence-corrected chi connectivity index (χ1v) is 7.25. The zero-order valence-electron chi connectivity index (χ0n) is 12.5. The number of rotatable bonds is 5. The van der Waals surface area contributed by atoms with Gasteiger partial charge in [-0.1, -0.05) is 18.2 Å². The standard InChI is InChI=1S/C17H20N4/c1-18-14(11-13-7-5-6-10-19-13)12-17-20-15-8-3-4-9-16(15)21(17)2/h3-10,14,18H,11-12H2,1-2H3. The summed E-state index contributed by atoms with van der Waals surface area (Å²) in [5, 5.41) is 3.38. The van der Waals surface area contributed by atoms with Crippen LogP contribution in [0.4, 0.5) is 0 Å². The van der Waals surface area contributed by atoms with Crippen LogP contribution in [0.15, 0.2) is 48.7 Å². The van der Waals surface area contributed by atoms with E-state index in [1.54, 1.807) is 0 Å². The lowest BCUT2D eigenvalue weighted by atomic mass is 10.1. The molecular formula is C17H20N4. The second-order valence-corrected chi connectivity index (χ2v) is 5.29. The quantitative estimate of drug-likeness (QED) is 0.780. The van der Waals surface area contributed by atoms with Gasteiger partial charge in [0.15, 0.2) is 0 Å². The normalized spacial score (nSPS) is 12.7. The molecule has 4 nitrogen and oxygen atoms in total. The average Bonchev–Trinajstić information content (AvgIpc) is 2.84. The van der Waals surface area contributed by atoms with Crippen LogP contribution in [0.5, 0.6) is 0 Å². The van der Waals surface area contributed by atoms with Gasteiger partial charge in [0, 0.05) is 37.8 Å². The Labute approximate surface area is 124 Å². The van der Waals surface area contributed by atoms with Gasteiger partial charge in [-0.2, -0.15) is 0 Å². The molecule has 2 heterocycles. The van der Waals surface area contributed by atoms with Crippen LogP contribution < -0.4 is 5.32 Å². The Balaban J connectivity index is 1.81. The molecule has 1 unspecified atom stereocenters. The summed E-state index contributed by atoms with van der Waals surface area (Å²) in [5.74, 6) is 1.10. The van der Waals surface area contributed by atoms with Crippen molar-refractivity contribution in [1.82, 2.24) is 19.9 Å². The minimum Gasteiger partial charge on any atom is -0.331 e. The summed E-state index contributed by atoms with van der Waals surface area (Å²) in [5.41, 5.74) is 3.35. The maximum absolute atomic E-state index is 4.74. The smallest absolute Gasteiger partial charge is 0.111 e. The number of imidazole rings is 1. The third-order valence-electron chi connectivity index (χ3n) is 3.90. The van der Waals surface area contributed by atoms with E-state index < -0.39 is 0 Å². The van der Waals surface area contributed by atoms with Crippen LogP contribution in [0.3, 0.4) is 0 Å². The van der Waals surface area contributed by atoms with Crippen LogP contribution >= 0.6 is 0 Å². The van der Waals surface area contributed by atoms with Gasteiger partial charge in [0.2, 0.25) is 0 Å². The summed E-state index contributed by atoms with van der Waals surface area (Å²) in [6.45, 7) is 0. The highest BCUT2D eigenvalue weighted by molar-refractivity contribution is 5.75. The molecule has 1 atom stereocenters. The molecule has 3 rings (SSSR count). The molecule has 2 aromatic heterocycles. The van der Waals surface area contributed by atoms with E-state index >= 15 is 0 Å². The van der Waals surface area contributed by atoms with Crippen molar-refractivity contribution < 1.29 is 0 Å². The molecule has 3 aromatic rings. The van der Waals surface area contributed by atoms with Gasteiger partial charge in [0.25, 0.3) is 0 Å². The van der Waals surface area contributed by atoms with Gasteiger partial charge >= 0.3 is 0 Å². The highest BCUT2D eigenvalue weighted by Gasteiger charge is 2.14. The zero-order valence-corrected chi connectivity index (χ0v) is 12.5. The molecule has 0 spiro atoms. The number of nitrogens with one attached hydrogen (secondary N) is 1. The van der Waals surface area contributed by atoms with Crippen molar-refractivity contribution in [2.45, 2.75) is 18.9 Å². The van der Waals surface area contributed by atoms with Crippen molar-refractivity contribution in [3.05, 3.63) is 60.2 Å². The average molecular weight is 280 g/mol. The predicted octanol–water partition coefficient (Wildman–Crippen LogP) is 2.34. The molecule has 21 heavy (non-hydrogen) atoms. The van der Waals surface area contributed by atoms with Crippen molar-refractivity contribution in [3.63, 3.8) is 0 Å². The van der Waals surface area contributed by atoms with E-state index in [9.17, 15) is 0 Å². The number of hydrogen-bond acceptors (Lipinski definition) is 3. The number of pyridine rings is 1. The highest BCUT2D eigenvalue weighted by Crippen LogP contribution is 2.16. The molecule has 0 amide bonds. The van der Waals surface area contributed by atoms with Crippen molar-refractivity contribution in [1.29, 1.82) is 0 Å². The summed E-state index contributed by atoms with van der Waals surface area (Å²) < 4.78 is 2.18. The maximum Gasteiger partial charge on any atom is 0.111 e. The monoisotopic (exact) mass is 280 g/mol. The van der Waals surface area contributed by atoms with E-state index in [1.165, 1.54) is 5.52 Å². The van der Waals surface area contributed by atoms with Crippen LogP contribution in [0.2, 0.25) is 0 Å². The molecule has 0 fully saturated rings. The molecule has 0 bridgehead atoms. The van der Waals surface area contributed by atoms with E-state index in [0.29, 0.717) is 6.04 Å². The van der Waals surface area contributed by atoms with Gasteiger partial charge in [0.1, 0.15) is 5.82 Å². The number of benzene rings is 1. The van der Waals surface area contributed by atoms with Crippen molar-refractivity contribution in [2.24, 2.45) is 7.05 Å². The fraction of sp³-hybridized carbons (Fsp3) is 0.294. The minimum absolute atomic E-state index is 0.329. The largest absolute Gasteiger partial charge is 0.331 e. The molecule has 0 aliphatic carbocycles. The highest BCUT2D eigenvalue weighted by atomic mass is 15.1. The van der Waals surface area contributed by atoms with Gasteiger partial charge in [-0.15, -0.1) is 0 Å². The van der Waals surface area contributed by atoms with Crippen LogP contribution in [0, 0.1) is 0 Å². The molecule has 1 aromatic carbocycles. The van der Waals surface area contributed by atoms with E-state index in [2.05, 4.69) is 46.2 Å². The third kappa shape index (κ3) is 2.95.